The Morgan fingerprint density at radius 3 is 2.00 bits per heavy atom. The number of aliphatic carboxylic acids is 2. The average Bonchev–Trinajstić information content (AvgIpc) is 2.67. The van der Waals surface area contributed by atoms with E-state index in [1.165, 1.54) is 32.9 Å². The molecule has 0 radical (unpaired) electrons. The smallest absolute Gasteiger partial charge is 0.326 e. The minimum absolute atomic E-state index is 0.0165. The molecule has 11 heteroatoms. The first kappa shape index (κ1) is 27.5. The van der Waals surface area contributed by atoms with Gasteiger partial charge in [-0.1, -0.05) is 53.1 Å². The lowest BCUT2D eigenvalue weighted by atomic mass is 9.61. The summed E-state index contributed by atoms with van der Waals surface area (Å²) in [5.74, 6) is -6.46. The molecule has 2 aromatic rings. The molecule has 0 heterocycles. The molecule has 0 saturated heterocycles. The molecule has 0 aliphatic carbocycles. The monoisotopic (exact) mass is 506 g/mol. The van der Waals surface area contributed by atoms with Crippen LogP contribution in [0.25, 0.3) is 0 Å². The van der Waals surface area contributed by atoms with Gasteiger partial charge in [-0.2, -0.15) is 5.26 Å². The van der Waals surface area contributed by atoms with Crippen molar-refractivity contribution in [2.45, 2.75) is 52.4 Å². The molecule has 186 valence electrons. The Labute approximate surface area is 205 Å². The van der Waals surface area contributed by atoms with Crippen molar-refractivity contribution in [3.63, 3.8) is 0 Å². The number of halogens is 2. The summed E-state index contributed by atoms with van der Waals surface area (Å²) in [5.41, 5.74) is -7.23. The minimum atomic E-state index is -2.84. The summed E-state index contributed by atoms with van der Waals surface area (Å²) in [5, 5.41) is 41.5. The van der Waals surface area contributed by atoms with Crippen LogP contribution in [0.1, 0.15) is 58.2 Å². The highest BCUT2D eigenvalue weighted by Crippen LogP contribution is 2.50. The zero-order chi connectivity index (χ0) is 27.1. The Hall–Kier alpha value is -3.71. The molecule has 2 rings (SSSR count). The van der Waals surface area contributed by atoms with E-state index in [0.717, 1.165) is 12.1 Å². The fraction of sp³-hybridized carbons (Fsp3) is 0.375. The van der Waals surface area contributed by atoms with Crippen molar-refractivity contribution >= 4 is 29.2 Å². The van der Waals surface area contributed by atoms with E-state index in [1.807, 2.05) is 6.07 Å². The van der Waals surface area contributed by atoms with Crippen molar-refractivity contribution in [1.82, 2.24) is 0 Å². The van der Waals surface area contributed by atoms with Crippen LogP contribution >= 0.6 is 11.6 Å². The van der Waals surface area contributed by atoms with Gasteiger partial charge in [0.25, 0.3) is 0 Å². The van der Waals surface area contributed by atoms with Crippen LogP contribution in [-0.4, -0.2) is 27.1 Å². The summed E-state index contributed by atoms with van der Waals surface area (Å²) in [6.45, 7) is 8.62. The Morgan fingerprint density at radius 2 is 1.60 bits per heavy atom. The molecule has 0 spiro atoms. The van der Waals surface area contributed by atoms with Crippen molar-refractivity contribution in [3.05, 3.63) is 61.9 Å². The minimum Gasteiger partial charge on any atom is -0.480 e. The number of ether oxygens (including phenoxy) is 1. The second-order valence-corrected chi connectivity index (χ2v) is 10.4. The molecule has 0 aliphatic rings. The summed E-state index contributed by atoms with van der Waals surface area (Å²) >= 11 is 5.97. The van der Waals surface area contributed by atoms with Crippen LogP contribution in [0.4, 0.5) is 10.1 Å². The Bertz CT molecular complexity index is 1260. The molecule has 0 unspecified atom stereocenters. The van der Waals surface area contributed by atoms with Crippen LogP contribution in [0.5, 0.6) is 11.5 Å². The third-order valence-electron chi connectivity index (χ3n) is 5.58. The van der Waals surface area contributed by atoms with Crippen molar-refractivity contribution in [1.29, 1.82) is 5.26 Å². The number of benzene rings is 2. The van der Waals surface area contributed by atoms with Crippen LogP contribution in [0.15, 0.2) is 24.3 Å². The number of nitro benzene ring substituents is 1. The summed E-state index contributed by atoms with van der Waals surface area (Å²) in [4.78, 5) is 36.1. The van der Waals surface area contributed by atoms with Crippen LogP contribution in [-0.2, 0) is 20.4 Å². The number of nitriles is 1. The van der Waals surface area contributed by atoms with E-state index in [2.05, 4.69) is 0 Å². The van der Waals surface area contributed by atoms with Gasteiger partial charge < -0.3 is 14.9 Å². The van der Waals surface area contributed by atoms with Gasteiger partial charge in [0, 0.05) is 16.1 Å². The highest BCUT2D eigenvalue weighted by Gasteiger charge is 2.60. The number of rotatable bonds is 6. The summed E-state index contributed by atoms with van der Waals surface area (Å²) < 4.78 is 21.7. The van der Waals surface area contributed by atoms with E-state index in [1.54, 1.807) is 20.8 Å². The number of nitrogens with zero attached hydrogens (tertiary/aromatic N) is 2. The molecule has 0 atom stereocenters. The second-order valence-electron chi connectivity index (χ2n) is 9.97. The average molecular weight is 507 g/mol. The third-order valence-corrected chi connectivity index (χ3v) is 5.79. The van der Waals surface area contributed by atoms with Gasteiger partial charge in [-0.3, -0.25) is 19.7 Å². The quantitative estimate of drug-likeness (QED) is 0.283. The van der Waals surface area contributed by atoms with Gasteiger partial charge in [0.1, 0.15) is 5.75 Å². The predicted molar refractivity (Wildman–Crippen MR) is 124 cm³/mol. The number of hydrogen-bond donors (Lipinski definition) is 2. The van der Waals surface area contributed by atoms with Gasteiger partial charge >= 0.3 is 17.6 Å². The van der Waals surface area contributed by atoms with Crippen LogP contribution in [0.2, 0.25) is 5.02 Å². The molecule has 2 N–H and O–H groups in total. The largest absolute Gasteiger partial charge is 0.480 e. The summed E-state index contributed by atoms with van der Waals surface area (Å²) in [6, 6.07) is 6.35. The second kappa shape index (κ2) is 9.15. The number of hydrogen-bond acceptors (Lipinski definition) is 6. The molecule has 35 heavy (non-hydrogen) atoms. The highest BCUT2D eigenvalue weighted by molar-refractivity contribution is 6.30. The first-order valence-corrected chi connectivity index (χ1v) is 10.6. The first-order valence-electron chi connectivity index (χ1n) is 10.3. The molecular weight excluding hydrogens is 483 g/mol. The maximum atomic E-state index is 16.1. The van der Waals surface area contributed by atoms with Crippen molar-refractivity contribution in [2.75, 3.05) is 0 Å². The van der Waals surface area contributed by atoms with Crippen LogP contribution < -0.4 is 4.74 Å². The highest BCUT2D eigenvalue weighted by atomic mass is 35.5. The molecule has 2 aromatic carbocycles. The first-order chi connectivity index (χ1) is 15.9. The number of carboxylic acid groups (broad SMARTS) is 2. The Morgan fingerprint density at radius 1 is 1.06 bits per heavy atom. The standard InChI is InChI=1S/C24H24ClFN2O7/c1-22(2,3)16-10-15(24(20(29)30,21(31)32)23(4,5)6)17(26)19(18(16)28(33)34)35-14-8-12(11-27)7-13(25)9-14/h7-10H,1-6H3,(H,29,30)(H,31,32). The lowest BCUT2D eigenvalue weighted by Gasteiger charge is -2.38. The zero-order valence-electron chi connectivity index (χ0n) is 19.9. The fourth-order valence-electron chi connectivity index (χ4n) is 3.92. The van der Waals surface area contributed by atoms with Crippen LogP contribution in [0.3, 0.4) is 0 Å². The number of nitro groups is 1. The summed E-state index contributed by atoms with van der Waals surface area (Å²) in [7, 11) is 0. The predicted octanol–water partition coefficient (Wildman–Crippen LogP) is 5.80. The zero-order valence-corrected chi connectivity index (χ0v) is 20.7. The molecule has 0 amide bonds. The lowest BCUT2D eigenvalue weighted by Crippen LogP contribution is -2.54. The third kappa shape index (κ3) is 4.77. The van der Waals surface area contributed by atoms with Gasteiger partial charge in [-0.25, -0.2) is 4.39 Å². The normalized spacial score (nSPS) is 12.1. The van der Waals surface area contributed by atoms with Crippen molar-refractivity contribution < 1.29 is 33.9 Å². The van der Waals surface area contributed by atoms with E-state index in [-0.39, 0.29) is 21.9 Å². The van der Waals surface area contributed by atoms with Crippen molar-refractivity contribution in [3.8, 4) is 17.6 Å². The van der Waals surface area contributed by atoms with Gasteiger partial charge in [0.15, 0.2) is 11.2 Å². The van der Waals surface area contributed by atoms with Gasteiger partial charge in [0.2, 0.25) is 5.75 Å². The topological polar surface area (TPSA) is 151 Å². The van der Waals surface area contributed by atoms with Gasteiger partial charge in [-0.05, 0) is 35.1 Å². The molecule has 0 saturated carbocycles. The molecule has 0 aliphatic heterocycles. The van der Waals surface area contributed by atoms with E-state index in [0.29, 0.717) is 0 Å². The van der Waals surface area contributed by atoms with E-state index < -0.39 is 55.9 Å². The van der Waals surface area contributed by atoms with Gasteiger partial charge in [0.05, 0.1) is 16.6 Å². The lowest BCUT2D eigenvalue weighted by molar-refractivity contribution is -0.387. The molecular formula is C24H24ClFN2O7. The Kier molecular flexibility index (Phi) is 7.20. The Balaban J connectivity index is 3.15. The number of carboxylic acids is 2. The number of carbonyl (C=O) groups is 2. The SMILES string of the molecule is CC(C)(C)c1cc(C(C(=O)O)(C(=O)O)C(C)(C)C)c(F)c(Oc2cc(Cl)cc(C#N)c2)c1[N+](=O)[O-]. The molecule has 0 aromatic heterocycles. The maximum Gasteiger partial charge on any atom is 0.326 e. The molecule has 9 nitrogen and oxygen atoms in total. The van der Waals surface area contributed by atoms with Crippen molar-refractivity contribution in [2.24, 2.45) is 5.41 Å². The van der Waals surface area contributed by atoms with E-state index in [4.69, 9.17) is 16.3 Å². The van der Waals surface area contributed by atoms with Gasteiger partial charge in [-0.15, -0.1) is 0 Å². The maximum absolute atomic E-state index is 16.1. The molecule has 0 fully saturated rings. The summed E-state index contributed by atoms with van der Waals surface area (Å²) in [6.07, 6.45) is 0. The van der Waals surface area contributed by atoms with E-state index >= 15 is 4.39 Å². The van der Waals surface area contributed by atoms with E-state index in [9.17, 15) is 35.2 Å². The fourth-order valence-corrected chi connectivity index (χ4v) is 4.14. The molecule has 0 bridgehead atoms. The van der Waals surface area contributed by atoms with Crippen LogP contribution in [0, 0.1) is 32.7 Å².